The number of anilines is 1. The van der Waals surface area contributed by atoms with Gasteiger partial charge in [0.25, 0.3) is 5.91 Å². The van der Waals surface area contributed by atoms with Crippen LogP contribution in [0.4, 0.5) is 5.82 Å². The van der Waals surface area contributed by atoms with E-state index in [2.05, 4.69) is 20.9 Å². The molecule has 0 saturated carbocycles. The molecule has 0 aliphatic rings. The Morgan fingerprint density at radius 1 is 1.16 bits per heavy atom. The van der Waals surface area contributed by atoms with Crippen LogP contribution < -0.4 is 4.90 Å². The van der Waals surface area contributed by atoms with Crippen molar-refractivity contribution < 1.29 is 4.79 Å². The first-order chi connectivity index (χ1) is 8.99. The van der Waals surface area contributed by atoms with Gasteiger partial charge in [0.15, 0.2) is 0 Å². The third kappa shape index (κ3) is 3.01. The summed E-state index contributed by atoms with van der Waals surface area (Å²) in [4.78, 5) is 18.1. The van der Waals surface area contributed by atoms with E-state index in [4.69, 9.17) is 0 Å². The van der Waals surface area contributed by atoms with Crippen molar-refractivity contribution in [3.63, 3.8) is 0 Å². The molecule has 0 atom stereocenters. The van der Waals surface area contributed by atoms with Gasteiger partial charge in [-0.1, -0.05) is 22.0 Å². The van der Waals surface area contributed by atoms with Crippen LogP contribution in [0.25, 0.3) is 0 Å². The number of aryl methyl sites for hydroxylation is 2. The number of rotatable bonds is 2. The van der Waals surface area contributed by atoms with Crippen molar-refractivity contribution in [2.75, 3.05) is 11.9 Å². The van der Waals surface area contributed by atoms with Gasteiger partial charge in [0, 0.05) is 23.3 Å². The number of halogens is 1. The maximum Gasteiger partial charge on any atom is 0.259 e. The molecule has 2 aromatic rings. The summed E-state index contributed by atoms with van der Waals surface area (Å²) in [6, 6.07) is 9.37. The predicted octanol–water partition coefficient (Wildman–Crippen LogP) is 3.74. The number of carbonyl (C=O) groups is 1. The van der Waals surface area contributed by atoms with Crippen LogP contribution in [-0.4, -0.2) is 17.9 Å². The van der Waals surface area contributed by atoms with Crippen LogP contribution >= 0.6 is 15.9 Å². The van der Waals surface area contributed by atoms with Crippen molar-refractivity contribution in [2.45, 2.75) is 13.8 Å². The van der Waals surface area contributed by atoms with Crippen LogP contribution in [-0.2, 0) is 0 Å². The van der Waals surface area contributed by atoms with Gasteiger partial charge in [-0.25, -0.2) is 4.98 Å². The van der Waals surface area contributed by atoms with Gasteiger partial charge >= 0.3 is 0 Å². The molecular formula is C15H15BrN2O. The lowest BCUT2D eigenvalue weighted by Gasteiger charge is -2.17. The SMILES string of the molecule is Cc1ccc(C(=O)N(C)c2cc(Br)ccn2)cc1C. The molecule has 1 aromatic heterocycles. The van der Waals surface area contributed by atoms with Gasteiger partial charge in [0.2, 0.25) is 0 Å². The highest BCUT2D eigenvalue weighted by Crippen LogP contribution is 2.18. The van der Waals surface area contributed by atoms with E-state index in [-0.39, 0.29) is 5.91 Å². The first-order valence-corrected chi connectivity index (χ1v) is 6.75. The Bertz CT molecular complexity index is 625. The molecule has 2 rings (SSSR count). The Balaban J connectivity index is 2.30. The quantitative estimate of drug-likeness (QED) is 0.845. The lowest BCUT2D eigenvalue weighted by atomic mass is 10.1. The van der Waals surface area contributed by atoms with E-state index in [9.17, 15) is 4.79 Å². The third-order valence-electron chi connectivity index (χ3n) is 3.11. The van der Waals surface area contributed by atoms with Crippen molar-refractivity contribution in [1.29, 1.82) is 0 Å². The Morgan fingerprint density at radius 2 is 1.89 bits per heavy atom. The molecule has 0 spiro atoms. The van der Waals surface area contributed by atoms with Gasteiger partial charge in [-0.2, -0.15) is 0 Å². The summed E-state index contributed by atoms with van der Waals surface area (Å²) in [6.07, 6.45) is 1.67. The Labute approximate surface area is 121 Å². The van der Waals surface area contributed by atoms with Gasteiger partial charge in [-0.05, 0) is 49.2 Å². The van der Waals surface area contributed by atoms with Gasteiger partial charge in [-0.3, -0.25) is 9.69 Å². The highest BCUT2D eigenvalue weighted by atomic mass is 79.9. The van der Waals surface area contributed by atoms with Crippen molar-refractivity contribution in [2.24, 2.45) is 0 Å². The first-order valence-electron chi connectivity index (χ1n) is 5.96. The van der Waals surface area contributed by atoms with Gasteiger partial charge in [0.1, 0.15) is 5.82 Å². The molecular weight excluding hydrogens is 304 g/mol. The molecule has 1 aromatic carbocycles. The van der Waals surface area contributed by atoms with E-state index in [0.29, 0.717) is 11.4 Å². The zero-order valence-electron chi connectivity index (χ0n) is 11.1. The van der Waals surface area contributed by atoms with Gasteiger partial charge in [0.05, 0.1) is 0 Å². The number of hydrogen-bond acceptors (Lipinski definition) is 2. The van der Waals surface area contributed by atoms with Crippen molar-refractivity contribution in [3.05, 3.63) is 57.7 Å². The fourth-order valence-electron chi connectivity index (χ4n) is 1.75. The summed E-state index contributed by atoms with van der Waals surface area (Å²) < 4.78 is 0.900. The molecule has 1 heterocycles. The lowest BCUT2D eigenvalue weighted by molar-refractivity contribution is 0.0992. The molecule has 98 valence electrons. The van der Waals surface area contributed by atoms with E-state index < -0.39 is 0 Å². The lowest BCUT2D eigenvalue weighted by Crippen LogP contribution is -2.27. The van der Waals surface area contributed by atoms with E-state index in [0.717, 1.165) is 10.0 Å². The molecule has 4 heteroatoms. The Hall–Kier alpha value is -1.68. The van der Waals surface area contributed by atoms with Crippen LogP contribution in [0.5, 0.6) is 0 Å². The average Bonchev–Trinajstić information content (AvgIpc) is 2.40. The molecule has 3 nitrogen and oxygen atoms in total. The summed E-state index contributed by atoms with van der Waals surface area (Å²) in [7, 11) is 1.73. The Kier molecular flexibility index (Phi) is 4.00. The molecule has 0 fully saturated rings. The summed E-state index contributed by atoms with van der Waals surface area (Å²) in [6.45, 7) is 4.03. The molecule has 0 aliphatic heterocycles. The summed E-state index contributed by atoms with van der Waals surface area (Å²) in [5.74, 6) is 0.561. The topological polar surface area (TPSA) is 33.2 Å². The highest BCUT2D eigenvalue weighted by molar-refractivity contribution is 9.10. The zero-order chi connectivity index (χ0) is 14.0. The smallest absolute Gasteiger partial charge is 0.259 e. The maximum absolute atomic E-state index is 12.4. The largest absolute Gasteiger partial charge is 0.296 e. The van der Waals surface area contributed by atoms with Crippen molar-refractivity contribution in [1.82, 2.24) is 4.98 Å². The fourth-order valence-corrected chi connectivity index (χ4v) is 2.07. The van der Waals surface area contributed by atoms with Crippen LogP contribution in [0.1, 0.15) is 21.5 Å². The third-order valence-corrected chi connectivity index (χ3v) is 3.60. The summed E-state index contributed by atoms with van der Waals surface area (Å²) in [5, 5.41) is 0. The van der Waals surface area contributed by atoms with E-state index in [1.165, 1.54) is 5.56 Å². The molecule has 0 radical (unpaired) electrons. The van der Waals surface area contributed by atoms with Crippen LogP contribution in [0.2, 0.25) is 0 Å². The van der Waals surface area contributed by atoms with E-state index >= 15 is 0 Å². The highest BCUT2D eigenvalue weighted by Gasteiger charge is 2.15. The second-order valence-corrected chi connectivity index (χ2v) is 5.41. The van der Waals surface area contributed by atoms with Crippen molar-refractivity contribution in [3.8, 4) is 0 Å². The standard InChI is InChI=1S/C15H15BrN2O/c1-10-4-5-12(8-11(10)2)15(19)18(3)14-9-13(16)6-7-17-14/h4-9H,1-3H3. The second kappa shape index (κ2) is 5.53. The van der Waals surface area contributed by atoms with Crippen molar-refractivity contribution >= 4 is 27.7 Å². The Morgan fingerprint density at radius 3 is 2.53 bits per heavy atom. The molecule has 1 amide bonds. The van der Waals surface area contributed by atoms with Crippen LogP contribution in [0, 0.1) is 13.8 Å². The first kappa shape index (κ1) is 13.7. The summed E-state index contributed by atoms with van der Waals surface area (Å²) in [5.41, 5.74) is 2.97. The molecule has 0 saturated heterocycles. The number of hydrogen-bond donors (Lipinski definition) is 0. The van der Waals surface area contributed by atoms with Crippen LogP contribution in [0.3, 0.4) is 0 Å². The molecule has 0 aliphatic carbocycles. The zero-order valence-corrected chi connectivity index (χ0v) is 12.7. The number of pyridine rings is 1. The molecule has 19 heavy (non-hydrogen) atoms. The molecule has 0 N–H and O–H groups in total. The monoisotopic (exact) mass is 318 g/mol. The minimum absolute atomic E-state index is 0.0614. The fraction of sp³-hybridized carbons (Fsp3) is 0.200. The van der Waals surface area contributed by atoms with E-state index in [1.807, 2.05) is 44.2 Å². The van der Waals surface area contributed by atoms with Gasteiger partial charge < -0.3 is 0 Å². The van der Waals surface area contributed by atoms with E-state index in [1.54, 1.807) is 18.1 Å². The van der Waals surface area contributed by atoms with Crippen LogP contribution in [0.15, 0.2) is 41.0 Å². The number of aromatic nitrogens is 1. The molecule has 0 unspecified atom stereocenters. The number of amides is 1. The number of carbonyl (C=O) groups excluding carboxylic acids is 1. The minimum Gasteiger partial charge on any atom is -0.296 e. The maximum atomic E-state index is 12.4. The minimum atomic E-state index is -0.0614. The number of benzene rings is 1. The molecule has 0 bridgehead atoms. The predicted molar refractivity (Wildman–Crippen MR) is 80.6 cm³/mol. The summed E-state index contributed by atoms with van der Waals surface area (Å²) >= 11 is 3.38. The second-order valence-electron chi connectivity index (χ2n) is 4.50. The van der Waals surface area contributed by atoms with Gasteiger partial charge in [-0.15, -0.1) is 0 Å². The normalized spacial score (nSPS) is 10.3. The number of nitrogens with zero attached hydrogens (tertiary/aromatic N) is 2. The average molecular weight is 319 g/mol.